The summed E-state index contributed by atoms with van der Waals surface area (Å²) < 4.78 is 16.2. The summed E-state index contributed by atoms with van der Waals surface area (Å²) in [6, 6.07) is 11.4. The Labute approximate surface area is 157 Å². The Balaban J connectivity index is 1.60. The summed E-state index contributed by atoms with van der Waals surface area (Å²) in [7, 11) is 4.87. The lowest BCUT2D eigenvalue weighted by Gasteiger charge is -2.16. The Morgan fingerprint density at radius 1 is 1.04 bits per heavy atom. The van der Waals surface area contributed by atoms with Gasteiger partial charge in [0.25, 0.3) is 5.91 Å². The van der Waals surface area contributed by atoms with Crippen molar-refractivity contribution in [1.29, 1.82) is 0 Å². The number of ether oxygens (including phenoxy) is 3. The molecule has 1 amide bonds. The number of carbonyl (C=O) groups is 1. The monoisotopic (exact) mass is 366 g/mol. The van der Waals surface area contributed by atoms with Crippen molar-refractivity contribution in [3.8, 4) is 17.2 Å². The van der Waals surface area contributed by atoms with Crippen LogP contribution in [0.3, 0.4) is 0 Å². The summed E-state index contributed by atoms with van der Waals surface area (Å²) >= 11 is 0. The zero-order valence-electron chi connectivity index (χ0n) is 15.6. The number of H-pyrrole nitrogens is 1. The van der Waals surface area contributed by atoms with Crippen LogP contribution in [0.15, 0.2) is 36.4 Å². The van der Waals surface area contributed by atoms with Gasteiger partial charge in [-0.3, -0.25) is 4.79 Å². The Kier molecular flexibility index (Phi) is 4.39. The molecule has 1 heterocycles. The lowest BCUT2D eigenvalue weighted by Crippen LogP contribution is -2.27. The molecule has 3 aromatic rings. The fraction of sp³-hybridized carbons (Fsp3) is 0.286. The van der Waals surface area contributed by atoms with Gasteiger partial charge in [-0.15, -0.1) is 0 Å². The van der Waals surface area contributed by atoms with Crippen LogP contribution in [0, 0.1) is 0 Å². The summed E-state index contributed by atoms with van der Waals surface area (Å²) in [5.74, 6) is 1.99. The minimum atomic E-state index is -0.138. The van der Waals surface area contributed by atoms with E-state index in [1.54, 1.807) is 21.3 Å². The standard InChI is InChI=1S/C21H22N2O4/c1-25-18-6-4-5-15-14(18)10-17(22-15)21(24)23-16-8-7-12-9-19(26-2)20(27-3)11-13(12)16/h4-6,9-11,16,22H,7-8H2,1-3H3,(H,23,24). The van der Waals surface area contributed by atoms with Gasteiger partial charge in [0.2, 0.25) is 0 Å². The Morgan fingerprint density at radius 2 is 1.78 bits per heavy atom. The molecule has 0 saturated heterocycles. The maximum absolute atomic E-state index is 12.8. The number of amides is 1. The highest BCUT2D eigenvalue weighted by atomic mass is 16.5. The first-order chi connectivity index (χ1) is 13.1. The van der Waals surface area contributed by atoms with Crippen LogP contribution in [0.25, 0.3) is 10.9 Å². The summed E-state index contributed by atoms with van der Waals surface area (Å²) in [5, 5.41) is 4.02. The molecule has 1 aliphatic rings. The predicted molar refractivity (Wildman–Crippen MR) is 103 cm³/mol. The molecule has 0 fully saturated rings. The molecule has 2 aromatic carbocycles. The van der Waals surface area contributed by atoms with Gasteiger partial charge in [0.1, 0.15) is 11.4 Å². The van der Waals surface area contributed by atoms with E-state index in [1.807, 2.05) is 36.4 Å². The Morgan fingerprint density at radius 3 is 2.52 bits per heavy atom. The smallest absolute Gasteiger partial charge is 0.268 e. The molecule has 0 saturated carbocycles. The molecule has 0 spiro atoms. The molecule has 1 unspecified atom stereocenters. The van der Waals surface area contributed by atoms with E-state index in [0.717, 1.165) is 35.1 Å². The number of nitrogens with one attached hydrogen (secondary N) is 2. The van der Waals surface area contributed by atoms with Crippen molar-refractivity contribution in [3.63, 3.8) is 0 Å². The molecule has 6 nitrogen and oxygen atoms in total. The largest absolute Gasteiger partial charge is 0.496 e. The van der Waals surface area contributed by atoms with Crippen LogP contribution >= 0.6 is 0 Å². The molecule has 0 bridgehead atoms. The van der Waals surface area contributed by atoms with Gasteiger partial charge < -0.3 is 24.5 Å². The second-order valence-electron chi connectivity index (χ2n) is 6.58. The van der Waals surface area contributed by atoms with Gasteiger partial charge in [-0.25, -0.2) is 0 Å². The molecule has 1 aliphatic carbocycles. The van der Waals surface area contributed by atoms with Crippen LogP contribution in [0.1, 0.15) is 34.1 Å². The van der Waals surface area contributed by atoms with E-state index in [9.17, 15) is 4.79 Å². The molecule has 140 valence electrons. The fourth-order valence-corrected chi connectivity index (χ4v) is 3.75. The average Bonchev–Trinajstić information content (AvgIpc) is 3.30. The van der Waals surface area contributed by atoms with E-state index in [4.69, 9.17) is 14.2 Å². The van der Waals surface area contributed by atoms with Crippen molar-refractivity contribution in [1.82, 2.24) is 10.3 Å². The summed E-state index contributed by atoms with van der Waals surface area (Å²) in [5.41, 5.74) is 3.65. The van der Waals surface area contributed by atoms with Crippen molar-refractivity contribution in [2.24, 2.45) is 0 Å². The number of benzene rings is 2. The topological polar surface area (TPSA) is 72.6 Å². The van der Waals surface area contributed by atoms with Crippen molar-refractivity contribution >= 4 is 16.8 Å². The van der Waals surface area contributed by atoms with Crippen LogP contribution in [0.4, 0.5) is 0 Å². The van der Waals surface area contributed by atoms with Gasteiger partial charge >= 0.3 is 0 Å². The second-order valence-corrected chi connectivity index (χ2v) is 6.58. The highest BCUT2D eigenvalue weighted by Crippen LogP contribution is 2.39. The molecular weight excluding hydrogens is 344 g/mol. The Hall–Kier alpha value is -3.15. The van der Waals surface area contributed by atoms with Crippen molar-refractivity contribution in [2.45, 2.75) is 18.9 Å². The van der Waals surface area contributed by atoms with E-state index < -0.39 is 0 Å². The maximum atomic E-state index is 12.8. The molecule has 4 rings (SSSR count). The van der Waals surface area contributed by atoms with Gasteiger partial charge in [0.05, 0.1) is 27.4 Å². The number of methoxy groups -OCH3 is 3. The third kappa shape index (κ3) is 2.97. The number of hydrogen-bond acceptors (Lipinski definition) is 4. The van der Waals surface area contributed by atoms with E-state index >= 15 is 0 Å². The van der Waals surface area contributed by atoms with Gasteiger partial charge in [0, 0.05) is 10.9 Å². The number of aromatic nitrogens is 1. The average molecular weight is 366 g/mol. The number of aromatic amines is 1. The van der Waals surface area contributed by atoms with Crippen molar-refractivity contribution in [3.05, 3.63) is 53.2 Å². The quantitative estimate of drug-likeness (QED) is 0.724. The Bertz CT molecular complexity index is 1010. The molecular formula is C21H22N2O4. The molecule has 1 aromatic heterocycles. The minimum absolute atomic E-state index is 0.0550. The lowest BCUT2D eigenvalue weighted by molar-refractivity contribution is 0.0932. The molecule has 0 aliphatic heterocycles. The number of rotatable bonds is 5. The summed E-state index contributed by atoms with van der Waals surface area (Å²) in [6.07, 6.45) is 1.74. The molecule has 6 heteroatoms. The third-order valence-electron chi connectivity index (χ3n) is 5.12. The molecule has 2 N–H and O–H groups in total. The number of carbonyl (C=O) groups excluding carboxylic acids is 1. The predicted octanol–water partition coefficient (Wildman–Crippen LogP) is 3.61. The van der Waals surface area contributed by atoms with Crippen LogP contribution in [-0.2, 0) is 6.42 Å². The van der Waals surface area contributed by atoms with Gasteiger partial charge in [0.15, 0.2) is 11.5 Å². The normalized spacial score (nSPS) is 15.4. The van der Waals surface area contributed by atoms with Gasteiger partial charge in [-0.05, 0) is 54.3 Å². The first kappa shape index (κ1) is 17.3. The third-order valence-corrected chi connectivity index (χ3v) is 5.12. The van der Waals surface area contributed by atoms with Crippen molar-refractivity contribution < 1.29 is 19.0 Å². The highest BCUT2D eigenvalue weighted by molar-refractivity contribution is 5.99. The van der Waals surface area contributed by atoms with E-state index in [-0.39, 0.29) is 11.9 Å². The van der Waals surface area contributed by atoms with Crippen molar-refractivity contribution in [2.75, 3.05) is 21.3 Å². The highest BCUT2D eigenvalue weighted by Gasteiger charge is 2.27. The SMILES string of the molecule is COc1cc2c(cc1OC)C(NC(=O)c1cc3c(OC)cccc3[nH]1)CC2. The molecule has 1 atom stereocenters. The minimum Gasteiger partial charge on any atom is -0.496 e. The molecule has 0 radical (unpaired) electrons. The molecule has 27 heavy (non-hydrogen) atoms. The fourth-order valence-electron chi connectivity index (χ4n) is 3.75. The lowest BCUT2D eigenvalue weighted by atomic mass is 10.1. The maximum Gasteiger partial charge on any atom is 0.268 e. The van der Waals surface area contributed by atoms with Crippen LogP contribution < -0.4 is 19.5 Å². The first-order valence-corrected chi connectivity index (χ1v) is 8.86. The van der Waals surface area contributed by atoms with Gasteiger partial charge in [-0.1, -0.05) is 6.07 Å². The zero-order valence-corrected chi connectivity index (χ0v) is 15.6. The van der Waals surface area contributed by atoms with Gasteiger partial charge in [-0.2, -0.15) is 0 Å². The van der Waals surface area contributed by atoms with Crippen LogP contribution in [-0.4, -0.2) is 32.2 Å². The first-order valence-electron chi connectivity index (χ1n) is 8.86. The van der Waals surface area contributed by atoms with E-state index in [1.165, 1.54) is 5.56 Å². The zero-order chi connectivity index (χ0) is 19.0. The number of fused-ring (bicyclic) bond motifs is 2. The second kappa shape index (κ2) is 6.87. The summed E-state index contributed by atoms with van der Waals surface area (Å²) in [6.45, 7) is 0. The number of hydrogen-bond donors (Lipinski definition) is 2. The van der Waals surface area contributed by atoms with Crippen LogP contribution in [0.5, 0.6) is 17.2 Å². The number of aryl methyl sites for hydroxylation is 1. The van der Waals surface area contributed by atoms with Crippen LogP contribution in [0.2, 0.25) is 0 Å². The summed E-state index contributed by atoms with van der Waals surface area (Å²) in [4.78, 5) is 16.0. The van der Waals surface area contributed by atoms with E-state index in [2.05, 4.69) is 10.3 Å². The van der Waals surface area contributed by atoms with E-state index in [0.29, 0.717) is 17.2 Å².